The monoisotopic (exact) mass is 218 g/mol. The SMILES string of the molecule is CCN(C)CCc1ccn2cccc(O)c12. The molecule has 1 N–H and O–H groups in total. The molecule has 0 fully saturated rings. The highest BCUT2D eigenvalue weighted by Gasteiger charge is 2.07. The zero-order valence-electron chi connectivity index (χ0n) is 9.85. The smallest absolute Gasteiger partial charge is 0.139 e. The van der Waals surface area contributed by atoms with Crippen LogP contribution in [0.5, 0.6) is 5.75 Å². The maximum Gasteiger partial charge on any atom is 0.139 e. The van der Waals surface area contributed by atoms with Crippen LogP contribution in [0, 0.1) is 0 Å². The highest BCUT2D eigenvalue weighted by atomic mass is 16.3. The van der Waals surface area contributed by atoms with E-state index in [2.05, 4.69) is 24.9 Å². The Morgan fingerprint density at radius 3 is 2.88 bits per heavy atom. The lowest BCUT2D eigenvalue weighted by molar-refractivity contribution is 0.358. The molecule has 0 amide bonds. The minimum absolute atomic E-state index is 0.363. The normalized spacial score (nSPS) is 11.4. The zero-order valence-corrected chi connectivity index (χ0v) is 9.85. The number of hydrogen-bond acceptors (Lipinski definition) is 2. The van der Waals surface area contributed by atoms with Crippen molar-refractivity contribution in [2.45, 2.75) is 13.3 Å². The maximum atomic E-state index is 9.83. The summed E-state index contributed by atoms with van der Waals surface area (Å²) in [5, 5.41) is 9.83. The summed E-state index contributed by atoms with van der Waals surface area (Å²) in [6.07, 6.45) is 4.93. The maximum absolute atomic E-state index is 9.83. The van der Waals surface area contributed by atoms with Gasteiger partial charge in [0, 0.05) is 18.9 Å². The Hall–Kier alpha value is -1.48. The summed E-state index contributed by atoms with van der Waals surface area (Å²) >= 11 is 0. The Kier molecular flexibility index (Phi) is 3.15. The van der Waals surface area contributed by atoms with Gasteiger partial charge in [-0.05, 0) is 43.8 Å². The second-order valence-electron chi connectivity index (χ2n) is 4.14. The summed E-state index contributed by atoms with van der Waals surface area (Å²) < 4.78 is 1.97. The van der Waals surface area contributed by atoms with Crippen molar-refractivity contribution in [2.75, 3.05) is 20.1 Å². The van der Waals surface area contributed by atoms with Crippen molar-refractivity contribution in [1.29, 1.82) is 0 Å². The molecular weight excluding hydrogens is 200 g/mol. The van der Waals surface area contributed by atoms with Crippen molar-refractivity contribution in [3.05, 3.63) is 36.2 Å². The predicted molar refractivity (Wildman–Crippen MR) is 65.9 cm³/mol. The van der Waals surface area contributed by atoms with Gasteiger partial charge in [0.2, 0.25) is 0 Å². The molecule has 0 bridgehead atoms. The Morgan fingerprint density at radius 1 is 1.31 bits per heavy atom. The van der Waals surface area contributed by atoms with Crippen LogP contribution < -0.4 is 0 Å². The fraction of sp³-hybridized carbons (Fsp3) is 0.385. The molecular formula is C13H18N2O. The number of rotatable bonds is 4. The molecule has 0 saturated carbocycles. The van der Waals surface area contributed by atoms with E-state index in [1.54, 1.807) is 6.07 Å². The Bertz CT molecular complexity index is 476. The van der Waals surface area contributed by atoms with E-state index >= 15 is 0 Å². The van der Waals surface area contributed by atoms with Crippen LogP contribution in [0.1, 0.15) is 12.5 Å². The van der Waals surface area contributed by atoms with Gasteiger partial charge in [-0.1, -0.05) is 6.92 Å². The van der Waals surface area contributed by atoms with Crippen molar-refractivity contribution in [2.24, 2.45) is 0 Å². The van der Waals surface area contributed by atoms with Gasteiger partial charge in [-0.2, -0.15) is 0 Å². The number of aromatic hydroxyl groups is 1. The molecule has 2 rings (SSSR count). The van der Waals surface area contributed by atoms with E-state index < -0.39 is 0 Å². The van der Waals surface area contributed by atoms with E-state index in [1.165, 1.54) is 5.56 Å². The number of hydrogen-bond donors (Lipinski definition) is 1. The van der Waals surface area contributed by atoms with Crippen molar-refractivity contribution in [3.8, 4) is 5.75 Å². The van der Waals surface area contributed by atoms with Crippen LogP contribution in [0.15, 0.2) is 30.6 Å². The van der Waals surface area contributed by atoms with Crippen LogP contribution in [0.25, 0.3) is 5.52 Å². The fourth-order valence-corrected chi connectivity index (χ4v) is 1.89. The molecule has 2 heterocycles. The first-order chi connectivity index (χ1) is 7.72. The molecule has 0 aromatic carbocycles. The summed E-state index contributed by atoms with van der Waals surface area (Å²) in [4.78, 5) is 2.27. The van der Waals surface area contributed by atoms with Gasteiger partial charge in [-0.3, -0.25) is 0 Å². The summed E-state index contributed by atoms with van der Waals surface area (Å²) in [7, 11) is 2.11. The van der Waals surface area contributed by atoms with Crippen LogP contribution in [0.3, 0.4) is 0 Å². The first kappa shape index (κ1) is 11.0. The molecule has 0 aliphatic heterocycles. The molecule has 3 heteroatoms. The zero-order chi connectivity index (χ0) is 11.5. The lowest BCUT2D eigenvalue weighted by atomic mass is 10.2. The van der Waals surface area contributed by atoms with Gasteiger partial charge in [0.25, 0.3) is 0 Å². The third-order valence-electron chi connectivity index (χ3n) is 3.04. The Balaban J connectivity index is 2.24. The molecule has 0 atom stereocenters. The van der Waals surface area contributed by atoms with Crippen molar-refractivity contribution < 1.29 is 5.11 Å². The first-order valence-corrected chi connectivity index (χ1v) is 5.68. The molecule has 0 unspecified atom stereocenters. The molecule has 0 radical (unpaired) electrons. The van der Waals surface area contributed by atoms with Crippen LogP contribution in [0.2, 0.25) is 0 Å². The molecule has 0 aliphatic rings. The van der Waals surface area contributed by atoms with Gasteiger partial charge in [-0.15, -0.1) is 0 Å². The summed E-state index contributed by atoms with van der Waals surface area (Å²) in [5.41, 5.74) is 2.14. The second kappa shape index (κ2) is 4.58. The summed E-state index contributed by atoms with van der Waals surface area (Å²) in [6, 6.07) is 5.67. The van der Waals surface area contributed by atoms with Crippen molar-refractivity contribution in [1.82, 2.24) is 9.30 Å². The largest absolute Gasteiger partial charge is 0.506 e. The minimum Gasteiger partial charge on any atom is -0.506 e. The fourth-order valence-electron chi connectivity index (χ4n) is 1.89. The predicted octanol–water partition coefficient (Wildman–Crippen LogP) is 2.14. The summed E-state index contributed by atoms with van der Waals surface area (Å²) in [5.74, 6) is 0.363. The molecule has 0 aliphatic carbocycles. The molecule has 86 valence electrons. The number of pyridine rings is 1. The highest BCUT2D eigenvalue weighted by molar-refractivity contribution is 5.65. The molecule has 0 spiro atoms. The van der Waals surface area contributed by atoms with Gasteiger partial charge in [0.1, 0.15) is 5.75 Å². The van der Waals surface area contributed by atoms with Gasteiger partial charge in [0.05, 0.1) is 5.52 Å². The van der Waals surface area contributed by atoms with Gasteiger partial charge in [-0.25, -0.2) is 0 Å². The third-order valence-corrected chi connectivity index (χ3v) is 3.04. The lowest BCUT2D eigenvalue weighted by Gasteiger charge is -2.13. The van der Waals surface area contributed by atoms with Gasteiger partial charge < -0.3 is 14.4 Å². The molecule has 16 heavy (non-hydrogen) atoms. The van der Waals surface area contributed by atoms with E-state index in [9.17, 15) is 5.11 Å². The molecule has 0 saturated heterocycles. The minimum atomic E-state index is 0.363. The number of fused-ring (bicyclic) bond motifs is 1. The second-order valence-corrected chi connectivity index (χ2v) is 4.14. The molecule has 2 aromatic heterocycles. The number of aromatic nitrogens is 1. The third kappa shape index (κ3) is 2.04. The quantitative estimate of drug-likeness (QED) is 0.851. The van der Waals surface area contributed by atoms with E-state index in [4.69, 9.17) is 0 Å². The van der Waals surface area contributed by atoms with E-state index in [-0.39, 0.29) is 0 Å². The van der Waals surface area contributed by atoms with Gasteiger partial charge >= 0.3 is 0 Å². The first-order valence-electron chi connectivity index (χ1n) is 5.68. The molecule has 3 nitrogen and oxygen atoms in total. The Labute approximate surface area is 95.9 Å². The van der Waals surface area contributed by atoms with E-state index in [0.29, 0.717) is 5.75 Å². The number of nitrogens with zero attached hydrogens (tertiary/aromatic N) is 2. The average Bonchev–Trinajstić information content (AvgIpc) is 2.70. The van der Waals surface area contributed by atoms with Crippen LogP contribution >= 0.6 is 0 Å². The molecule has 2 aromatic rings. The number of likely N-dealkylation sites (N-methyl/N-ethyl adjacent to an activating group) is 1. The Morgan fingerprint density at radius 2 is 2.12 bits per heavy atom. The lowest BCUT2D eigenvalue weighted by Crippen LogP contribution is -2.20. The van der Waals surface area contributed by atoms with Crippen molar-refractivity contribution >= 4 is 5.52 Å². The standard InChI is InChI=1S/C13H18N2O/c1-3-14(2)9-6-11-7-10-15-8-4-5-12(16)13(11)15/h4-5,7-8,10,16H,3,6,9H2,1-2H3. The average molecular weight is 218 g/mol. The van der Waals surface area contributed by atoms with Crippen LogP contribution in [-0.4, -0.2) is 34.5 Å². The van der Waals surface area contributed by atoms with Crippen molar-refractivity contribution in [3.63, 3.8) is 0 Å². The summed E-state index contributed by atoms with van der Waals surface area (Å²) in [6.45, 7) is 4.22. The van der Waals surface area contributed by atoms with Crippen LogP contribution in [0.4, 0.5) is 0 Å². The van der Waals surface area contributed by atoms with Crippen LogP contribution in [-0.2, 0) is 6.42 Å². The van der Waals surface area contributed by atoms with E-state index in [0.717, 1.165) is 25.0 Å². The topological polar surface area (TPSA) is 27.9 Å². The van der Waals surface area contributed by atoms with E-state index in [1.807, 2.05) is 22.9 Å². The highest BCUT2D eigenvalue weighted by Crippen LogP contribution is 2.23. The van der Waals surface area contributed by atoms with Gasteiger partial charge in [0.15, 0.2) is 0 Å².